The lowest BCUT2D eigenvalue weighted by atomic mass is 10.0. The first kappa shape index (κ1) is 16.2. The van der Waals surface area contributed by atoms with E-state index < -0.39 is 0 Å². The number of carbonyl (C=O) groups is 1. The van der Waals surface area contributed by atoms with Crippen LogP contribution in [0, 0.1) is 6.92 Å². The summed E-state index contributed by atoms with van der Waals surface area (Å²) >= 11 is 3.48. The number of benzene rings is 1. The van der Waals surface area contributed by atoms with E-state index in [2.05, 4.69) is 31.2 Å². The number of nitrogens with one attached hydrogen (secondary N) is 1. The van der Waals surface area contributed by atoms with Gasteiger partial charge in [0.25, 0.3) is 5.91 Å². The second-order valence-electron chi connectivity index (χ2n) is 6.65. The number of carbonyl (C=O) groups excluding carboxylic acids is 1. The van der Waals surface area contributed by atoms with Gasteiger partial charge in [-0.2, -0.15) is 0 Å². The highest BCUT2D eigenvalue weighted by atomic mass is 79.9. The fourth-order valence-corrected chi connectivity index (χ4v) is 3.57. The fourth-order valence-electron chi connectivity index (χ4n) is 3.21. The van der Waals surface area contributed by atoms with Gasteiger partial charge in [0.2, 0.25) is 0 Å². The lowest BCUT2D eigenvalue weighted by molar-refractivity contribution is 0.0951. The molecule has 0 unspecified atom stereocenters. The van der Waals surface area contributed by atoms with E-state index >= 15 is 0 Å². The first-order valence-corrected chi connectivity index (χ1v) is 9.13. The summed E-state index contributed by atoms with van der Waals surface area (Å²) < 4.78 is 0.937. The summed E-state index contributed by atoms with van der Waals surface area (Å²) in [5.41, 5.74) is 3.40. The van der Waals surface area contributed by atoms with Crippen LogP contribution >= 0.6 is 15.9 Å². The van der Waals surface area contributed by atoms with E-state index in [4.69, 9.17) is 0 Å². The number of hydrogen-bond donors (Lipinski definition) is 1. The minimum Gasteiger partial charge on any atom is -0.351 e. The fraction of sp³-hybridized carbons (Fsp3) is 0.250. The van der Waals surface area contributed by atoms with Crippen molar-refractivity contribution in [3.63, 3.8) is 0 Å². The molecule has 0 bridgehead atoms. The molecule has 1 aliphatic carbocycles. The van der Waals surface area contributed by atoms with Crippen LogP contribution in [-0.4, -0.2) is 22.4 Å². The predicted octanol–water partition coefficient (Wildman–Crippen LogP) is 4.16. The third-order valence-electron chi connectivity index (χ3n) is 4.79. The number of aryl methyl sites for hydroxylation is 1. The highest BCUT2D eigenvalue weighted by Gasteiger charge is 2.45. The van der Waals surface area contributed by atoms with Crippen molar-refractivity contribution in [1.82, 2.24) is 15.3 Å². The molecule has 1 N–H and O–H groups in total. The molecule has 1 amide bonds. The van der Waals surface area contributed by atoms with Gasteiger partial charge in [-0.15, -0.1) is 0 Å². The maximum absolute atomic E-state index is 12.9. The molecule has 0 spiro atoms. The smallest absolute Gasteiger partial charge is 0.252 e. The third kappa shape index (κ3) is 3.16. The molecule has 0 aliphatic heterocycles. The van der Waals surface area contributed by atoms with Gasteiger partial charge in [0.15, 0.2) is 0 Å². The van der Waals surface area contributed by atoms with Gasteiger partial charge in [-0.3, -0.25) is 14.8 Å². The van der Waals surface area contributed by atoms with E-state index in [1.807, 2.05) is 55.6 Å². The molecular formula is C20H18BrN3O. The lowest BCUT2D eigenvalue weighted by Gasteiger charge is -2.16. The van der Waals surface area contributed by atoms with Crippen LogP contribution in [0.1, 0.15) is 34.6 Å². The quantitative estimate of drug-likeness (QED) is 0.721. The Kier molecular flexibility index (Phi) is 4.04. The normalized spacial score (nSPS) is 15.1. The van der Waals surface area contributed by atoms with Crippen LogP contribution < -0.4 is 5.32 Å². The van der Waals surface area contributed by atoms with Crippen molar-refractivity contribution < 1.29 is 4.79 Å². The minimum atomic E-state index is -0.0594. The van der Waals surface area contributed by atoms with Gasteiger partial charge in [-0.1, -0.05) is 22.0 Å². The molecule has 1 aliphatic rings. The zero-order valence-electron chi connectivity index (χ0n) is 13.9. The van der Waals surface area contributed by atoms with Crippen molar-refractivity contribution in [3.8, 4) is 0 Å². The molecule has 2 heterocycles. The molecular weight excluding hydrogens is 378 g/mol. The number of halogens is 1. The van der Waals surface area contributed by atoms with Crippen LogP contribution in [-0.2, 0) is 5.41 Å². The molecule has 0 radical (unpaired) electrons. The summed E-state index contributed by atoms with van der Waals surface area (Å²) in [5, 5.41) is 3.98. The standard InChI is InChI=1S/C20H18BrN3O/c1-13-10-16(15-11-14(21)5-6-17(15)24-13)19(25)23-12-20(7-8-20)18-4-2-3-9-22-18/h2-6,9-11H,7-8,12H2,1H3,(H,23,25). The Morgan fingerprint density at radius 3 is 2.80 bits per heavy atom. The summed E-state index contributed by atoms with van der Waals surface area (Å²) in [7, 11) is 0. The molecule has 1 aromatic carbocycles. The van der Waals surface area contributed by atoms with Crippen LogP contribution in [0.4, 0.5) is 0 Å². The van der Waals surface area contributed by atoms with Gasteiger partial charge in [-0.05, 0) is 56.2 Å². The second-order valence-corrected chi connectivity index (χ2v) is 7.57. The monoisotopic (exact) mass is 395 g/mol. The van der Waals surface area contributed by atoms with E-state index in [0.717, 1.165) is 39.6 Å². The van der Waals surface area contributed by atoms with Gasteiger partial charge in [-0.25, -0.2) is 0 Å². The molecule has 0 saturated heterocycles. The van der Waals surface area contributed by atoms with Crippen LogP contribution in [0.25, 0.3) is 10.9 Å². The third-order valence-corrected chi connectivity index (χ3v) is 5.29. The summed E-state index contributed by atoms with van der Waals surface area (Å²) in [6.45, 7) is 2.52. The van der Waals surface area contributed by atoms with Crippen molar-refractivity contribution in [3.05, 3.63) is 70.1 Å². The van der Waals surface area contributed by atoms with Crippen LogP contribution in [0.2, 0.25) is 0 Å². The Morgan fingerprint density at radius 2 is 2.08 bits per heavy atom. The zero-order valence-corrected chi connectivity index (χ0v) is 15.5. The molecule has 126 valence electrons. The highest BCUT2D eigenvalue weighted by Crippen LogP contribution is 2.46. The molecule has 25 heavy (non-hydrogen) atoms. The van der Waals surface area contributed by atoms with Crippen LogP contribution in [0.5, 0.6) is 0 Å². The summed E-state index contributed by atoms with van der Waals surface area (Å²) in [6, 6.07) is 13.6. The first-order chi connectivity index (χ1) is 12.1. The SMILES string of the molecule is Cc1cc(C(=O)NCC2(c3ccccn3)CC2)c2cc(Br)ccc2n1. The Balaban J connectivity index is 1.60. The average Bonchev–Trinajstić information content (AvgIpc) is 3.41. The van der Waals surface area contributed by atoms with Gasteiger partial charge < -0.3 is 5.32 Å². The maximum Gasteiger partial charge on any atom is 0.252 e. The van der Waals surface area contributed by atoms with Crippen molar-refractivity contribution in [2.75, 3.05) is 6.54 Å². The van der Waals surface area contributed by atoms with Gasteiger partial charge in [0.1, 0.15) is 0 Å². The molecule has 3 aromatic rings. The number of nitrogens with zero attached hydrogens (tertiary/aromatic N) is 2. The van der Waals surface area contributed by atoms with Crippen molar-refractivity contribution in [1.29, 1.82) is 0 Å². The predicted molar refractivity (Wildman–Crippen MR) is 102 cm³/mol. The minimum absolute atomic E-state index is 0.00458. The first-order valence-electron chi connectivity index (χ1n) is 8.34. The van der Waals surface area contributed by atoms with Crippen molar-refractivity contribution >= 4 is 32.7 Å². The van der Waals surface area contributed by atoms with Gasteiger partial charge in [0, 0.05) is 39.4 Å². The van der Waals surface area contributed by atoms with E-state index in [0.29, 0.717) is 12.1 Å². The average molecular weight is 396 g/mol. The molecule has 5 heteroatoms. The molecule has 2 aromatic heterocycles. The number of pyridine rings is 2. The number of aromatic nitrogens is 2. The van der Waals surface area contributed by atoms with Crippen LogP contribution in [0.3, 0.4) is 0 Å². The van der Waals surface area contributed by atoms with Crippen molar-refractivity contribution in [2.24, 2.45) is 0 Å². The molecule has 1 saturated carbocycles. The van der Waals surface area contributed by atoms with Crippen LogP contribution in [0.15, 0.2) is 53.1 Å². The van der Waals surface area contributed by atoms with Crippen molar-refractivity contribution in [2.45, 2.75) is 25.2 Å². The largest absolute Gasteiger partial charge is 0.351 e. The number of rotatable bonds is 4. The van der Waals surface area contributed by atoms with E-state index in [1.165, 1.54) is 0 Å². The Labute approximate surface area is 154 Å². The Hall–Kier alpha value is -2.27. The Bertz CT molecular complexity index is 952. The number of hydrogen-bond acceptors (Lipinski definition) is 3. The van der Waals surface area contributed by atoms with Gasteiger partial charge in [0.05, 0.1) is 11.1 Å². The van der Waals surface area contributed by atoms with E-state index in [9.17, 15) is 4.79 Å². The van der Waals surface area contributed by atoms with E-state index in [1.54, 1.807) is 0 Å². The zero-order chi connectivity index (χ0) is 17.4. The van der Waals surface area contributed by atoms with E-state index in [-0.39, 0.29) is 11.3 Å². The number of fused-ring (bicyclic) bond motifs is 1. The molecule has 4 rings (SSSR count). The maximum atomic E-state index is 12.9. The summed E-state index contributed by atoms with van der Waals surface area (Å²) in [4.78, 5) is 21.8. The highest BCUT2D eigenvalue weighted by molar-refractivity contribution is 9.10. The molecule has 1 fully saturated rings. The Morgan fingerprint density at radius 1 is 1.24 bits per heavy atom. The topological polar surface area (TPSA) is 54.9 Å². The molecule has 4 nitrogen and oxygen atoms in total. The number of amides is 1. The summed E-state index contributed by atoms with van der Waals surface area (Å²) in [6.07, 6.45) is 3.94. The van der Waals surface area contributed by atoms with Gasteiger partial charge >= 0.3 is 0 Å². The summed E-state index contributed by atoms with van der Waals surface area (Å²) in [5.74, 6) is -0.0594. The second kappa shape index (κ2) is 6.23. The lowest BCUT2D eigenvalue weighted by Crippen LogP contribution is -2.32. The molecule has 0 atom stereocenters.